The van der Waals surface area contributed by atoms with E-state index in [1.165, 1.54) is 30.6 Å². The molecule has 0 bridgehead atoms. The molecule has 0 aliphatic rings. The number of aromatic nitrogens is 3. The number of carbonyl (C=O) groups is 1. The van der Waals surface area contributed by atoms with Gasteiger partial charge in [0, 0.05) is 23.3 Å². The summed E-state index contributed by atoms with van der Waals surface area (Å²) in [5.41, 5.74) is -0.368. The number of carbonyl (C=O) groups excluding carboxylic acids is 1. The van der Waals surface area contributed by atoms with Crippen LogP contribution in [0.4, 0.5) is 13.2 Å². The van der Waals surface area contributed by atoms with E-state index in [1.807, 2.05) is 0 Å². The molecule has 0 aliphatic heterocycles. The van der Waals surface area contributed by atoms with Crippen molar-refractivity contribution in [1.29, 1.82) is 0 Å². The van der Waals surface area contributed by atoms with E-state index in [9.17, 15) is 18.0 Å². The molecule has 2 aromatic heterocycles. The highest BCUT2D eigenvalue weighted by molar-refractivity contribution is 6.37. The van der Waals surface area contributed by atoms with Gasteiger partial charge in [0.05, 0.1) is 16.3 Å². The van der Waals surface area contributed by atoms with Crippen molar-refractivity contribution in [2.45, 2.75) is 6.18 Å². The molecule has 1 N–H and O–H groups in total. The zero-order chi connectivity index (χ0) is 15.9. The number of nitrogens with one attached hydrogen (secondary N) is 1. The van der Waals surface area contributed by atoms with E-state index in [1.54, 1.807) is 6.07 Å². The summed E-state index contributed by atoms with van der Waals surface area (Å²) in [7, 11) is 0. The van der Waals surface area contributed by atoms with E-state index < -0.39 is 17.5 Å². The molecule has 0 saturated carbocycles. The first-order valence-corrected chi connectivity index (χ1v) is 6.46. The molecule has 1 aromatic carbocycles. The second-order valence-corrected chi connectivity index (χ2v) is 4.84. The summed E-state index contributed by atoms with van der Waals surface area (Å²) in [5.74, 6) is -2.00. The van der Waals surface area contributed by atoms with Gasteiger partial charge in [-0.15, -0.1) is 0 Å². The Kier molecular flexibility index (Phi) is 3.37. The number of hydrogen-bond donors (Lipinski definition) is 1. The fraction of sp³-hybridized carbons (Fsp3) is 0.0714. The molecular weight excluding hydrogens is 319 g/mol. The van der Waals surface area contributed by atoms with E-state index in [4.69, 9.17) is 11.6 Å². The van der Waals surface area contributed by atoms with Crippen LogP contribution in [0, 0.1) is 0 Å². The van der Waals surface area contributed by atoms with Gasteiger partial charge in [0.2, 0.25) is 0 Å². The van der Waals surface area contributed by atoms with Crippen LogP contribution in [0.5, 0.6) is 0 Å². The monoisotopic (exact) mass is 325 g/mol. The van der Waals surface area contributed by atoms with E-state index in [-0.39, 0.29) is 21.9 Å². The second-order valence-electron chi connectivity index (χ2n) is 4.44. The maximum absolute atomic E-state index is 12.9. The average Bonchev–Trinajstić information content (AvgIpc) is 2.87. The molecule has 0 amide bonds. The predicted molar refractivity (Wildman–Crippen MR) is 74.7 cm³/mol. The third-order valence-electron chi connectivity index (χ3n) is 3.05. The van der Waals surface area contributed by atoms with Gasteiger partial charge < -0.3 is 4.98 Å². The smallest absolute Gasteiger partial charge is 0.351 e. The minimum atomic E-state index is -5.03. The molecule has 3 aromatic rings. The lowest BCUT2D eigenvalue weighted by molar-refractivity contribution is -0.0883. The number of halogens is 4. The Morgan fingerprint density at radius 1 is 1.14 bits per heavy atom. The molecule has 0 aliphatic carbocycles. The Bertz CT molecular complexity index is 859. The molecule has 8 heteroatoms. The number of fused-ring (bicyclic) bond motifs is 1. The number of H-pyrrole nitrogens is 1. The number of benzene rings is 1. The van der Waals surface area contributed by atoms with Gasteiger partial charge in [-0.3, -0.25) is 4.79 Å². The highest BCUT2D eigenvalue weighted by atomic mass is 35.5. The molecule has 2 heterocycles. The summed E-state index contributed by atoms with van der Waals surface area (Å²) in [5, 5.41) is 0.0532. The van der Waals surface area contributed by atoms with E-state index in [0.29, 0.717) is 5.52 Å². The normalized spacial score (nSPS) is 11.8. The predicted octanol–water partition coefficient (Wildman–Crippen LogP) is 4.02. The minimum absolute atomic E-state index is 0.00828. The molecular formula is C14H7ClF3N3O. The fourth-order valence-corrected chi connectivity index (χ4v) is 2.44. The van der Waals surface area contributed by atoms with E-state index in [2.05, 4.69) is 15.0 Å². The van der Waals surface area contributed by atoms with Gasteiger partial charge in [0.1, 0.15) is 0 Å². The van der Waals surface area contributed by atoms with Gasteiger partial charge in [-0.2, -0.15) is 13.2 Å². The number of ketones is 1. The second kappa shape index (κ2) is 5.10. The van der Waals surface area contributed by atoms with Gasteiger partial charge in [-0.1, -0.05) is 17.7 Å². The van der Waals surface area contributed by atoms with Crippen LogP contribution in [0.1, 0.15) is 10.4 Å². The molecule has 4 nitrogen and oxygen atoms in total. The van der Waals surface area contributed by atoms with Gasteiger partial charge in [-0.05, 0) is 18.2 Å². The number of aromatic amines is 1. The van der Waals surface area contributed by atoms with Crippen LogP contribution in [0.2, 0.25) is 5.02 Å². The fourth-order valence-electron chi connectivity index (χ4n) is 2.17. The molecule has 0 saturated heterocycles. The Morgan fingerprint density at radius 2 is 1.82 bits per heavy atom. The Labute approximate surface area is 127 Å². The van der Waals surface area contributed by atoms with Gasteiger partial charge in [-0.25, -0.2) is 9.97 Å². The molecule has 0 unspecified atom stereocenters. The number of Topliss-reactive ketones (excluding diaryl/α,β-unsaturated/α-hetero) is 1. The molecule has 0 radical (unpaired) electrons. The van der Waals surface area contributed by atoms with Crippen LogP contribution in [-0.2, 0) is 0 Å². The van der Waals surface area contributed by atoms with Crippen molar-refractivity contribution in [3.63, 3.8) is 0 Å². The first-order valence-electron chi connectivity index (χ1n) is 6.08. The topological polar surface area (TPSA) is 58.6 Å². The molecule has 0 atom stereocenters. The minimum Gasteiger partial charge on any atom is -0.351 e. The maximum Gasteiger partial charge on any atom is 0.454 e. The molecule has 112 valence electrons. The van der Waals surface area contributed by atoms with Crippen LogP contribution >= 0.6 is 11.6 Å². The summed E-state index contributed by atoms with van der Waals surface area (Å²) >= 11 is 5.98. The lowest BCUT2D eigenvalue weighted by Crippen LogP contribution is -2.23. The maximum atomic E-state index is 12.9. The zero-order valence-electron chi connectivity index (χ0n) is 10.8. The van der Waals surface area contributed by atoms with Gasteiger partial charge >= 0.3 is 6.18 Å². The van der Waals surface area contributed by atoms with E-state index >= 15 is 0 Å². The summed E-state index contributed by atoms with van der Waals surface area (Å²) < 4.78 is 38.8. The van der Waals surface area contributed by atoms with Crippen molar-refractivity contribution < 1.29 is 18.0 Å². The number of hydrogen-bond acceptors (Lipinski definition) is 3. The van der Waals surface area contributed by atoms with Crippen LogP contribution in [-0.4, -0.2) is 26.9 Å². The van der Waals surface area contributed by atoms with Crippen LogP contribution in [0.25, 0.3) is 22.4 Å². The highest BCUT2D eigenvalue weighted by Crippen LogP contribution is 2.36. The SMILES string of the molecule is O=C(c1c(-c2ncccn2)[nH]c2cccc(Cl)c12)C(F)(F)F. The van der Waals surface area contributed by atoms with Crippen LogP contribution in [0.15, 0.2) is 36.7 Å². The number of rotatable bonds is 2. The molecule has 22 heavy (non-hydrogen) atoms. The van der Waals surface area contributed by atoms with Crippen molar-refractivity contribution >= 4 is 28.3 Å². The lowest BCUT2D eigenvalue weighted by atomic mass is 10.1. The summed E-state index contributed by atoms with van der Waals surface area (Å²) in [4.78, 5) is 22.4. The lowest BCUT2D eigenvalue weighted by Gasteiger charge is -2.07. The first-order chi connectivity index (χ1) is 10.4. The zero-order valence-corrected chi connectivity index (χ0v) is 11.5. The third-order valence-corrected chi connectivity index (χ3v) is 3.36. The van der Waals surface area contributed by atoms with Crippen molar-refractivity contribution in [2.24, 2.45) is 0 Å². The van der Waals surface area contributed by atoms with Crippen molar-refractivity contribution in [2.75, 3.05) is 0 Å². The quantitative estimate of drug-likeness (QED) is 0.724. The Morgan fingerprint density at radius 3 is 2.45 bits per heavy atom. The van der Waals surface area contributed by atoms with Crippen LogP contribution in [0.3, 0.4) is 0 Å². The van der Waals surface area contributed by atoms with Crippen LogP contribution < -0.4 is 0 Å². The van der Waals surface area contributed by atoms with Crippen molar-refractivity contribution in [1.82, 2.24) is 15.0 Å². The van der Waals surface area contributed by atoms with Gasteiger partial charge in [0.15, 0.2) is 5.82 Å². The van der Waals surface area contributed by atoms with E-state index in [0.717, 1.165) is 0 Å². The Hall–Kier alpha value is -2.41. The molecule has 3 rings (SSSR count). The Balaban J connectivity index is 2.38. The number of alkyl halides is 3. The standard InChI is InChI=1S/C14H7ClF3N3O/c15-7-3-1-4-8-9(7)10(12(22)14(16,17)18)11(21-8)13-19-5-2-6-20-13/h1-6,21H. The summed E-state index contributed by atoms with van der Waals surface area (Å²) in [6.07, 6.45) is -2.29. The first kappa shape index (κ1) is 14.5. The van der Waals surface area contributed by atoms with Crippen molar-refractivity contribution in [3.8, 4) is 11.5 Å². The number of nitrogens with zero attached hydrogens (tertiary/aromatic N) is 2. The molecule has 0 spiro atoms. The van der Waals surface area contributed by atoms with Gasteiger partial charge in [0.25, 0.3) is 5.78 Å². The largest absolute Gasteiger partial charge is 0.454 e. The highest BCUT2D eigenvalue weighted by Gasteiger charge is 2.42. The third kappa shape index (κ3) is 2.33. The average molecular weight is 326 g/mol. The molecule has 0 fully saturated rings. The summed E-state index contributed by atoms with van der Waals surface area (Å²) in [6.45, 7) is 0. The summed E-state index contributed by atoms with van der Waals surface area (Å²) in [6, 6.07) is 6.03. The van der Waals surface area contributed by atoms with Crippen molar-refractivity contribution in [3.05, 3.63) is 47.2 Å².